The van der Waals surface area contributed by atoms with Gasteiger partial charge in [-0.15, -0.1) is 0 Å². The van der Waals surface area contributed by atoms with Gasteiger partial charge in [0.2, 0.25) is 5.91 Å². The molecule has 19 heavy (non-hydrogen) atoms. The highest BCUT2D eigenvalue weighted by Crippen LogP contribution is 2.38. The quantitative estimate of drug-likeness (QED) is 0.266. The molecular weight excluding hydrogens is 250 g/mol. The molecule has 0 aliphatic heterocycles. The minimum Gasteiger partial charge on any atom is -0.409 e. The molecular formula is C11H17N5O3. The molecule has 0 radical (unpaired) electrons. The second kappa shape index (κ2) is 5.27. The monoisotopic (exact) mass is 267 g/mol. The van der Waals surface area contributed by atoms with E-state index >= 15 is 0 Å². The van der Waals surface area contributed by atoms with E-state index < -0.39 is 0 Å². The first-order valence-corrected chi connectivity index (χ1v) is 5.96. The number of aromatic nitrogens is 2. The molecule has 1 fully saturated rings. The molecule has 1 aliphatic carbocycles. The number of ether oxygens (including phenoxy) is 1. The van der Waals surface area contributed by atoms with E-state index in [0.717, 1.165) is 19.3 Å². The van der Waals surface area contributed by atoms with Gasteiger partial charge in [-0.2, -0.15) is 5.10 Å². The molecule has 0 aromatic carbocycles. The van der Waals surface area contributed by atoms with Gasteiger partial charge in [0, 0.05) is 7.11 Å². The van der Waals surface area contributed by atoms with Crippen LogP contribution in [-0.4, -0.2) is 39.9 Å². The van der Waals surface area contributed by atoms with E-state index in [1.165, 1.54) is 6.20 Å². The Hall–Kier alpha value is -2.09. The largest absolute Gasteiger partial charge is 0.409 e. The molecule has 5 N–H and O–H groups in total. The second-order valence-corrected chi connectivity index (χ2v) is 4.61. The summed E-state index contributed by atoms with van der Waals surface area (Å²) >= 11 is 0. The highest BCUT2D eigenvalue weighted by atomic mass is 16.5. The predicted molar refractivity (Wildman–Crippen MR) is 67.9 cm³/mol. The van der Waals surface area contributed by atoms with Gasteiger partial charge in [-0.05, 0) is 19.3 Å². The van der Waals surface area contributed by atoms with E-state index in [-0.39, 0.29) is 23.8 Å². The maximum Gasteiger partial charge on any atom is 0.228 e. The first kappa shape index (κ1) is 13.3. The SMILES string of the molecule is COC1(CC(=O)Nc2[nH]ncc2C(N)=NO)CCC1. The molecule has 0 saturated heterocycles. The van der Waals surface area contributed by atoms with Gasteiger partial charge in [0.1, 0.15) is 5.82 Å². The number of nitrogens with two attached hydrogens (primary N) is 1. The molecule has 0 spiro atoms. The van der Waals surface area contributed by atoms with Gasteiger partial charge in [0.15, 0.2) is 5.84 Å². The number of oxime groups is 1. The van der Waals surface area contributed by atoms with Gasteiger partial charge in [0.25, 0.3) is 0 Å². The zero-order valence-electron chi connectivity index (χ0n) is 10.6. The normalized spacial score (nSPS) is 17.8. The van der Waals surface area contributed by atoms with Gasteiger partial charge in [-0.3, -0.25) is 9.89 Å². The van der Waals surface area contributed by atoms with Crippen molar-refractivity contribution in [1.29, 1.82) is 0 Å². The fourth-order valence-electron chi connectivity index (χ4n) is 2.13. The molecule has 0 atom stereocenters. The third-order valence-electron chi connectivity index (χ3n) is 3.47. The number of anilines is 1. The molecule has 1 aromatic heterocycles. The molecule has 1 aliphatic rings. The lowest BCUT2D eigenvalue weighted by molar-refractivity contribution is -0.129. The lowest BCUT2D eigenvalue weighted by atomic mass is 9.77. The number of carbonyl (C=O) groups excluding carboxylic acids is 1. The highest BCUT2D eigenvalue weighted by molar-refractivity contribution is 6.04. The number of carbonyl (C=O) groups is 1. The molecule has 8 nitrogen and oxygen atoms in total. The van der Waals surface area contributed by atoms with Gasteiger partial charge in [-0.25, -0.2) is 0 Å². The van der Waals surface area contributed by atoms with Crippen molar-refractivity contribution >= 4 is 17.6 Å². The van der Waals surface area contributed by atoms with Crippen LogP contribution in [0, 0.1) is 0 Å². The van der Waals surface area contributed by atoms with Crippen molar-refractivity contribution in [2.45, 2.75) is 31.3 Å². The summed E-state index contributed by atoms with van der Waals surface area (Å²) < 4.78 is 5.39. The van der Waals surface area contributed by atoms with Crippen molar-refractivity contribution in [1.82, 2.24) is 10.2 Å². The number of aromatic amines is 1. The number of hydrogen-bond acceptors (Lipinski definition) is 5. The standard InChI is InChI=1S/C11H17N5O3/c1-19-11(3-2-4-11)5-8(17)14-10-7(6-13-15-10)9(12)16-18/h6,18H,2-5H2,1H3,(H2,12,16)(H2,13,14,15,17). The molecule has 0 unspecified atom stereocenters. The first-order valence-electron chi connectivity index (χ1n) is 5.96. The number of amidine groups is 1. The fourth-order valence-corrected chi connectivity index (χ4v) is 2.13. The van der Waals surface area contributed by atoms with Crippen molar-refractivity contribution in [2.75, 3.05) is 12.4 Å². The molecule has 1 aromatic rings. The first-order chi connectivity index (χ1) is 9.10. The summed E-state index contributed by atoms with van der Waals surface area (Å²) in [4.78, 5) is 12.0. The van der Waals surface area contributed by atoms with Crippen molar-refractivity contribution in [3.63, 3.8) is 0 Å². The predicted octanol–water partition coefficient (Wildman–Crippen LogP) is 0.402. The number of amides is 1. The summed E-state index contributed by atoms with van der Waals surface area (Å²) in [5.74, 6) is -0.00202. The van der Waals surface area contributed by atoms with Crippen LogP contribution in [0.5, 0.6) is 0 Å². The number of rotatable bonds is 5. The van der Waals surface area contributed by atoms with Crippen LogP contribution in [0.4, 0.5) is 5.82 Å². The summed E-state index contributed by atoms with van der Waals surface area (Å²) in [6, 6.07) is 0. The lowest BCUT2D eigenvalue weighted by Gasteiger charge is -2.39. The van der Waals surface area contributed by atoms with Crippen molar-refractivity contribution in [2.24, 2.45) is 10.9 Å². The van der Waals surface area contributed by atoms with Crippen LogP contribution >= 0.6 is 0 Å². The number of nitrogens with one attached hydrogen (secondary N) is 2. The van der Waals surface area contributed by atoms with E-state index in [1.807, 2.05) is 0 Å². The third-order valence-corrected chi connectivity index (χ3v) is 3.47. The minimum absolute atomic E-state index is 0.117. The Kier molecular flexibility index (Phi) is 3.70. The second-order valence-electron chi connectivity index (χ2n) is 4.61. The molecule has 104 valence electrons. The average molecular weight is 267 g/mol. The summed E-state index contributed by atoms with van der Waals surface area (Å²) in [6.45, 7) is 0. The topological polar surface area (TPSA) is 126 Å². The van der Waals surface area contributed by atoms with E-state index in [2.05, 4.69) is 20.7 Å². The highest BCUT2D eigenvalue weighted by Gasteiger charge is 2.39. The smallest absolute Gasteiger partial charge is 0.228 e. The molecule has 2 rings (SSSR count). The van der Waals surface area contributed by atoms with Crippen LogP contribution < -0.4 is 11.1 Å². The molecule has 1 heterocycles. The number of hydrogen-bond donors (Lipinski definition) is 4. The van der Waals surface area contributed by atoms with Crippen LogP contribution in [0.15, 0.2) is 11.4 Å². The summed E-state index contributed by atoms with van der Waals surface area (Å²) in [5, 5.41) is 20.5. The minimum atomic E-state index is -0.346. The number of methoxy groups -OCH3 is 1. The van der Waals surface area contributed by atoms with Crippen LogP contribution in [0.1, 0.15) is 31.2 Å². The van der Waals surface area contributed by atoms with E-state index in [1.54, 1.807) is 7.11 Å². The Labute approximate surface area is 110 Å². The van der Waals surface area contributed by atoms with Gasteiger partial charge in [-0.1, -0.05) is 5.16 Å². The van der Waals surface area contributed by atoms with Gasteiger partial charge in [0.05, 0.1) is 23.8 Å². The van der Waals surface area contributed by atoms with Crippen molar-refractivity contribution in [3.05, 3.63) is 11.8 Å². The van der Waals surface area contributed by atoms with Crippen molar-refractivity contribution < 1.29 is 14.7 Å². The average Bonchev–Trinajstić information content (AvgIpc) is 2.81. The van der Waals surface area contributed by atoms with E-state index in [9.17, 15) is 4.79 Å². The molecule has 1 saturated carbocycles. The van der Waals surface area contributed by atoms with Crippen LogP contribution in [0.3, 0.4) is 0 Å². The van der Waals surface area contributed by atoms with Crippen LogP contribution in [0.2, 0.25) is 0 Å². The fraction of sp³-hybridized carbons (Fsp3) is 0.545. The molecule has 8 heteroatoms. The summed E-state index contributed by atoms with van der Waals surface area (Å²) in [7, 11) is 1.62. The van der Waals surface area contributed by atoms with E-state index in [0.29, 0.717) is 11.4 Å². The Balaban J connectivity index is 2.01. The summed E-state index contributed by atoms with van der Waals surface area (Å²) in [6.07, 6.45) is 4.48. The van der Waals surface area contributed by atoms with E-state index in [4.69, 9.17) is 15.7 Å². The third kappa shape index (κ3) is 2.68. The zero-order valence-corrected chi connectivity index (χ0v) is 10.6. The maximum atomic E-state index is 12.0. The Morgan fingerprint density at radius 1 is 1.74 bits per heavy atom. The van der Waals surface area contributed by atoms with Crippen LogP contribution in [-0.2, 0) is 9.53 Å². The van der Waals surface area contributed by atoms with Crippen LogP contribution in [0.25, 0.3) is 0 Å². The number of nitrogens with zero attached hydrogens (tertiary/aromatic N) is 2. The van der Waals surface area contributed by atoms with Gasteiger partial charge < -0.3 is 21.0 Å². The Bertz CT molecular complexity index is 487. The Morgan fingerprint density at radius 2 is 2.47 bits per heavy atom. The van der Waals surface area contributed by atoms with Crippen molar-refractivity contribution in [3.8, 4) is 0 Å². The lowest BCUT2D eigenvalue weighted by Crippen LogP contribution is -2.42. The number of H-pyrrole nitrogens is 1. The van der Waals surface area contributed by atoms with Gasteiger partial charge >= 0.3 is 0 Å². The summed E-state index contributed by atoms with van der Waals surface area (Å²) in [5.41, 5.74) is 5.47. The maximum absolute atomic E-state index is 12.0. The Morgan fingerprint density at radius 3 is 3.00 bits per heavy atom. The molecule has 0 bridgehead atoms. The molecule has 1 amide bonds. The zero-order chi connectivity index (χ0) is 13.9.